The topological polar surface area (TPSA) is 66.0 Å². The second-order valence-electron chi connectivity index (χ2n) is 6.48. The summed E-state index contributed by atoms with van der Waals surface area (Å²) in [6.45, 7) is 0. The Hall–Kier alpha value is -3.52. The number of rotatable bonds is 4. The van der Waals surface area contributed by atoms with E-state index in [9.17, 15) is 10.1 Å². The van der Waals surface area contributed by atoms with Gasteiger partial charge < -0.3 is 9.73 Å². The van der Waals surface area contributed by atoms with Crippen molar-refractivity contribution in [2.75, 3.05) is 5.32 Å². The summed E-state index contributed by atoms with van der Waals surface area (Å²) in [7, 11) is 0. The van der Waals surface area contributed by atoms with Gasteiger partial charge >= 0.3 is 0 Å². The molecule has 0 atom stereocenters. The molecule has 146 valence electrons. The van der Waals surface area contributed by atoms with Gasteiger partial charge in [0.15, 0.2) is 0 Å². The maximum atomic E-state index is 12.6. The van der Waals surface area contributed by atoms with E-state index < -0.39 is 5.91 Å². The molecule has 0 fully saturated rings. The Morgan fingerprint density at radius 2 is 1.67 bits per heavy atom. The molecule has 1 N–H and O–H groups in total. The number of hydrogen-bond acceptors (Lipinski definition) is 3. The molecule has 0 saturated heterocycles. The average molecular weight is 433 g/mol. The van der Waals surface area contributed by atoms with Crippen LogP contribution in [0.15, 0.2) is 82.8 Å². The van der Waals surface area contributed by atoms with Crippen molar-refractivity contribution < 1.29 is 9.21 Å². The van der Waals surface area contributed by atoms with Crippen molar-refractivity contribution in [2.45, 2.75) is 0 Å². The van der Waals surface area contributed by atoms with Gasteiger partial charge in [-0.3, -0.25) is 4.79 Å². The van der Waals surface area contributed by atoms with Crippen molar-refractivity contribution in [2.24, 2.45) is 0 Å². The van der Waals surface area contributed by atoms with Crippen LogP contribution in [0.1, 0.15) is 5.76 Å². The normalized spacial score (nSPS) is 11.3. The number of nitrogens with zero attached hydrogens (tertiary/aromatic N) is 1. The van der Waals surface area contributed by atoms with Gasteiger partial charge in [-0.1, -0.05) is 59.6 Å². The zero-order valence-corrected chi connectivity index (χ0v) is 17.0. The number of carbonyl (C=O) groups excluding carboxylic acids is 1. The average Bonchev–Trinajstić information content (AvgIpc) is 3.20. The third kappa shape index (κ3) is 4.08. The molecule has 0 radical (unpaired) electrons. The van der Waals surface area contributed by atoms with Crippen molar-refractivity contribution in [3.05, 3.63) is 94.2 Å². The molecule has 4 aromatic rings. The van der Waals surface area contributed by atoms with Crippen LogP contribution >= 0.6 is 23.2 Å². The van der Waals surface area contributed by atoms with Crippen molar-refractivity contribution in [1.29, 1.82) is 5.26 Å². The van der Waals surface area contributed by atoms with Crippen molar-refractivity contribution in [3.8, 4) is 17.4 Å². The molecule has 1 heterocycles. The van der Waals surface area contributed by atoms with Crippen LogP contribution in [0, 0.1) is 11.3 Å². The zero-order chi connectivity index (χ0) is 21.1. The van der Waals surface area contributed by atoms with Crippen molar-refractivity contribution in [3.63, 3.8) is 0 Å². The number of furan rings is 1. The highest BCUT2D eigenvalue weighted by atomic mass is 35.5. The van der Waals surface area contributed by atoms with Gasteiger partial charge in [0, 0.05) is 11.8 Å². The predicted octanol–water partition coefficient (Wildman–Crippen LogP) is 6.95. The highest BCUT2D eigenvalue weighted by molar-refractivity contribution is 6.39. The first-order valence-electron chi connectivity index (χ1n) is 9.01. The smallest absolute Gasteiger partial charge is 0.266 e. The largest absolute Gasteiger partial charge is 0.457 e. The summed E-state index contributed by atoms with van der Waals surface area (Å²) in [5.41, 5.74) is 1.07. The Bertz CT molecular complexity index is 1310. The SMILES string of the molecule is N#C/C(=C\c1ccc(-c2c(Cl)cccc2Cl)o1)C(=O)Nc1ccc2ccccc2c1. The molecule has 1 aromatic heterocycles. The molecule has 0 aliphatic heterocycles. The first kappa shape index (κ1) is 19.8. The van der Waals surface area contributed by atoms with E-state index in [4.69, 9.17) is 27.6 Å². The Labute approximate surface area is 183 Å². The van der Waals surface area contributed by atoms with Crippen molar-refractivity contribution in [1.82, 2.24) is 0 Å². The molecule has 0 aliphatic rings. The minimum Gasteiger partial charge on any atom is -0.457 e. The first-order valence-corrected chi connectivity index (χ1v) is 9.77. The van der Waals surface area contributed by atoms with Crippen LogP contribution in [-0.2, 0) is 4.79 Å². The fraction of sp³-hybridized carbons (Fsp3) is 0. The molecule has 6 heteroatoms. The lowest BCUT2D eigenvalue weighted by atomic mass is 10.1. The Morgan fingerprint density at radius 1 is 0.933 bits per heavy atom. The van der Waals surface area contributed by atoms with E-state index in [0.29, 0.717) is 32.8 Å². The first-order chi connectivity index (χ1) is 14.5. The zero-order valence-electron chi connectivity index (χ0n) is 15.5. The highest BCUT2D eigenvalue weighted by Crippen LogP contribution is 2.35. The van der Waals surface area contributed by atoms with Crippen LogP contribution in [0.25, 0.3) is 28.2 Å². The van der Waals surface area contributed by atoms with Gasteiger partial charge in [0.25, 0.3) is 5.91 Å². The maximum Gasteiger partial charge on any atom is 0.266 e. The Balaban J connectivity index is 1.58. The summed E-state index contributed by atoms with van der Waals surface area (Å²) in [6, 6.07) is 23.8. The number of carbonyl (C=O) groups is 1. The monoisotopic (exact) mass is 432 g/mol. The second-order valence-corrected chi connectivity index (χ2v) is 7.30. The summed E-state index contributed by atoms with van der Waals surface area (Å²) in [4.78, 5) is 12.6. The number of nitrogens with one attached hydrogen (secondary N) is 1. The van der Waals surface area contributed by atoms with E-state index in [-0.39, 0.29) is 5.57 Å². The molecule has 0 unspecified atom stereocenters. The van der Waals surface area contributed by atoms with Crippen LogP contribution < -0.4 is 5.32 Å². The number of hydrogen-bond donors (Lipinski definition) is 1. The van der Waals surface area contributed by atoms with Gasteiger partial charge in [-0.15, -0.1) is 0 Å². The number of halogens is 2. The second kappa shape index (κ2) is 8.46. The summed E-state index contributed by atoms with van der Waals surface area (Å²) < 4.78 is 5.75. The molecule has 30 heavy (non-hydrogen) atoms. The number of fused-ring (bicyclic) bond motifs is 1. The van der Waals surface area contributed by atoms with Crippen molar-refractivity contribution >= 4 is 51.6 Å². The van der Waals surface area contributed by atoms with E-state index in [0.717, 1.165) is 10.8 Å². The van der Waals surface area contributed by atoms with Crippen LogP contribution in [-0.4, -0.2) is 5.91 Å². The number of nitriles is 1. The summed E-state index contributed by atoms with van der Waals surface area (Å²) >= 11 is 12.4. The molecule has 4 nitrogen and oxygen atoms in total. The van der Waals surface area contributed by atoms with Gasteiger partial charge in [-0.2, -0.15) is 5.26 Å². The maximum absolute atomic E-state index is 12.6. The van der Waals surface area contributed by atoms with Crippen LogP contribution in [0.4, 0.5) is 5.69 Å². The summed E-state index contributed by atoms with van der Waals surface area (Å²) in [5.74, 6) is 0.261. The predicted molar refractivity (Wildman–Crippen MR) is 120 cm³/mol. The molecule has 3 aromatic carbocycles. The Kier molecular flexibility index (Phi) is 5.58. The molecule has 0 bridgehead atoms. The van der Waals surface area contributed by atoms with Gasteiger partial charge in [0.2, 0.25) is 0 Å². The molecule has 0 aliphatic carbocycles. The minimum absolute atomic E-state index is 0.0886. The molecular formula is C24H14Cl2N2O2. The van der Waals surface area contributed by atoms with Gasteiger partial charge in [0.1, 0.15) is 23.2 Å². The number of amides is 1. The lowest BCUT2D eigenvalue weighted by Gasteiger charge is -2.06. The fourth-order valence-corrected chi connectivity index (χ4v) is 3.64. The summed E-state index contributed by atoms with van der Waals surface area (Å²) in [6.07, 6.45) is 1.38. The van der Waals surface area contributed by atoms with E-state index in [1.54, 1.807) is 36.4 Å². The molecule has 0 spiro atoms. The number of anilines is 1. The minimum atomic E-state index is -0.526. The number of benzene rings is 3. The van der Waals surface area contributed by atoms with E-state index in [1.807, 2.05) is 42.5 Å². The summed E-state index contributed by atoms with van der Waals surface area (Å²) in [5, 5.41) is 15.2. The molecule has 0 saturated carbocycles. The quantitative estimate of drug-likeness (QED) is 0.280. The highest BCUT2D eigenvalue weighted by Gasteiger charge is 2.14. The molecule has 4 rings (SSSR count). The third-order valence-electron chi connectivity index (χ3n) is 4.49. The standard InChI is InChI=1S/C24H14Cl2N2O2/c25-20-6-3-7-21(26)23(20)22-11-10-19(30-22)13-17(14-27)24(29)28-18-9-8-15-4-1-2-5-16(15)12-18/h1-13H,(H,28,29)/b17-13+. The molecule has 1 amide bonds. The van der Waals surface area contributed by atoms with Crippen LogP contribution in [0.5, 0.6) is 0 Å². The van der Waals surface area contributed by atoms with Crippen LogP contribution in [0.3, 0.4) is 0 Å². The lowest BCUT2D eigenvalue weighted by Crippen LogP contribution is -2.13. The van der Waals surface area contributed by atoms with E-state index in [2.05, 4.69) is 5.32 Å². The van der Waals surface area contributed by atoms with E-state index >= 15 is 0 Å². The third-order valence-corrected chi connectivity index (χ3v) is 5.12. The lowest BCUT2D eigenvalue weighted by molar-refractivity contribution is -0.112. The van der Waals surface area contributed by atoms with Gasteiger partial charge in [-0.05, 0) is 47.2 Å². The van der Waals surface area contributed by atoms with Crippen LogP contribution in [0.2, 0.25) is 10.0 Å². The fourth-order valence-electron chi connectivity index (χ4n) is 3.05. The van der Waals surface area contributed by atoms with E-state index in [1.165, 1.54) is 6.08 Å². The van der Waals surface area contributed by atoms with Gasteiger partial charge in [0.05, 0.1) is 15.6 Å². The van der Waals surface area contributed by atoms with Gasteiger partial charge in [-0.25, -0.2) is 0 Å². The Morgan fingerprint density at radius 3 is 2.40 bits per heavy atom. The molecular weight excluding hydrogens is 419 g/mol.